The van der Waals surface area contributed by atoms with E-state index in [0.717, 1.165) is 43.7 Å². The first-order valence-corrected chi connectivity index (χ1v) is 11.2. The zero-order valence-corrected chi connectivity index (χ0v) is 20.9. The molecule has 0 atom stereocenters. The lowest BCUT2D eigenvalue weighted by Gasteiger charge is -2.31. The number of hydrogen-bond donors (Lipinski definition) is 2. The predicted octanol–water partition coefficient (Wildman–Crippen LogP) is 4.35. The van der Waals surface area contributed by atoms with Gasteiger partial charge in [-0.05, 0) is 58.2 Å². The van der Waals surface area contributed by atoms with Crippen LogP contribution in [-0.4, -0.2) is 42.0 Å². The van der Waals surface area contributed by atoms with Crippen LogP contribution in [0.3, 0.4) is 0 Å². The van der Waals surface area contributed by atoms with Gasteiger partial charge in [0.1, 0.15) is 0 Å². The van der Waals surface area contributed by atoms with Crippen molar-refractivity contribution in [1.82, 2.24) is 20.5 Å². The summed E-state index contributed by atoms with van der Waals surface area (Å²) in [7, 11) is 0. The molecule has 0 unspecified atom stereocenters. The molecule has 2 aromatic rings. The summed E-state index contributed by atoms with van der Waals surface area (Å²) in [6, 6.07) is 8.60. The standard InChI is InChI=1S/C22H33N5S.HI/c1-4-23-22(24-13-19-7-5-17(2)6-8-19)25-14-20-9-11-27(12-10-20)15-21-16-28-18(3)26-21;/h5-8,16,20H,4,9-15H2,1-3H3,(H2,23,24,25);1H. The van der Waals surface area contributed by atoms with Crippen LogP contribution in [0.2, 0.25) is 0 Å². The lowest BCUT2D eigenvalue weighted by molar-refractivity contribution is 0.176. The molecule has 0 amide bonds. The molecule has 29 heavy (non-hydrogen) atoms. The van der Waals surface area contributed by atoms with Gasteiger partial charge in [-0.25, -0.2) is 9.98 Å². The zero-order chi connectivity index (χ0) is 19.8. The van der Waals surface area contributed by atoms with E-state index in [0.29, 0.717) is 12.5 Å². The Labute approximate surface area is 196 Å². The number of nitrogens with zero attached hydrogens (tertiary/aromatic N) is 3. The molecule has 0 spiro atoms. The third-order valence-corrected chi connectivity index (χ3v) is 6.02. The summed E-state index contributed by atoms with van der Waals surface area (Å²) in [6.45, 7) is 12.2. The van der Waals surface area contributed by atoms with Crippen LogP contribution in [0, 0.1) is 19.8 Å². The van der Waals surface area contributed by atoms with Crippen LogP contribution in [0.25, 0.3) is 0 Å². The van der Waals surface area contributed by atoms with Crippen molar-refractivity contribution in [2.24, 2.45) is 10.9 Å². The van der Waals surface area contributed by atoms with E-state index in [9.17, 15) is 0 Å². The van der Waals surface area contributed by atoms with Crippen LogP contribution in [0.1, 0.15) is 41.6 Å². The summed E-state index contributed by atoms with van der Waals surface area (Å²) in [5.74, 6) is 1.63. The molecule has 2 N–H and O–H groups in total. The van der Waals surface area contributed by atoms with Gasteiger partial charge < -0.3 is 10.6 Å². The molecule has 1 aromatic carbocycles. The first-order chi connectivity index (χ1) is 13.6. The minimum Gasteiger partial charge on any atom is -0.357 e. The van der Waals surface area contributed by atoms with Crippen LogP contribution in [-0.2, 0) is 13.1 Å². The average Bonchev–Trinajstić information content (AvgIpc) is 3.11. The highest BCUT2D eigenvalue weighted by Gasteiger charge is 2.20. The fourth-order valence-corrected chi connectivity index (χ4v) is 4.11. The van der Waals surface area contributed by atoms with Gasteiger partial charge >= 0.3 is 0 Å². The number of guanidine groups is 1. The Morgan fingerprint density at radius 2 is 1.90 bits per heavy atom. The smallest absolute Gasteiger partial charge is 0.191 e. The van der Waals surface area contributed by atoms with Gasteiger partial charge in [-0.15, -0.1) is 35.3 Å². The van der Waals surface area contributed by atoms with Gasteiger partial charge in [0.25, 0.3) is 0 Å². The number of aliphatic imine (C=N–C) groups is 1. The van der Waals surface area contributed by atoms with E-state index in [4.69, 9.17) is 4.99 Å². The normalized spacial score (nSPS) is 15.8. The number of aromatic nitrogens is 1. The van der Waals surface area contributed by atoms with Crippen LogP contribution in [0.5, 0.6) is 0 Å². The molecule has 0 bridgehead atoms. The summed E-state index contributed by atoms with van der Waals surface area (Å²) in [4.78, 5) is 11.9. The van der Waals surface area contributed by atoms with Gasteiger partial charge in [0.15, 0.2) is 5.96 Å². The molecule has 2 heterocycles. The van der Waals surface area contributed by atoms with Crippen molar-refractivity contribution in [3.05, 3.63) is 51.5 Å². The van der Waals surface area contributed by atoms with E-state index in [1.54, 1.807) is 11.3 Å². The fourth-order valence-electron chi connectivity index (χ4n) is 3.51. The summed E-state index contributed by atoms with van der Waals surface area (Å²) in [6.07, 6.45) is 2.46. The largest absolute Gasteiger partial charge is 0.357 e. The van der Waals surface area contributed by atoms with Crippen molar-refractivity contribution in [3.63, 3.8) is 0 Å². The fraction of sp³-hybridized carbons (Fsp3) is 0.545. The number of halogens is 1. The topological polar surface area (TPSA) is 52.6 Å². The Kier molecular flexibility index (Phi) is 10.4. The second-order valence-electron chi connectivity index (χ2n) is 7.64. The molecule has 1 aliphatic heterocycles. The van der Waals surface area contributed by atoms with E-state index < -0.39 is 0 Å². The van der Waals surface area contributed by atoms with Gasteiger partial charge in [-0.1, -0.05) is 29.8 Å². The Morgan fingerprint density at radius 1 is 1.17 bits per heavy atom. The number of hydrogen-bond acceptors (Lipinski definition) is 4. The zero-order valence-electron chi connectivity index (χ0n) is 17.8. The molecule has 1 aliphatic rings. The molecular weight excluding hydrogens is 493 g/mol. The van der Waals surface area contributed by atoms with Crippen molar-refractivity contribution in [1.29, 1.82) is 0 Å². The summed E-state index contributed by atoms with van der Waals surface area (Å²) >= 11 is 1.75. The number of thiazole rings is 1. The van der Waals surface area contributed by atoms with Crippen molar-refractivity contribution in [2.45, 2.75) is 46.7 Å². The minimum atomic E-state index is 0. The Hall–Kier alpha value is -1.19. The van der Waals surface area contributed by atoms with Crippen LogP contribution >= 0.6 is 35.3 Å². The monoisotopic (exact) mass is 527 g/mol. The highest BCUT2D eigenvalue weighted by atomic mass is 127. The van der Waals surface area contributed by atoms with E-state index >= 15 is 0 Å². The van der Waals surface area contributed by atoms with E-state index in [-0.39, 0.29) is 24.0 Å². The summed E-state index contributed by atoms with van der Waals surface area (Å²) < 4.78 is 0. The molecule has 1 aromatic heterocycles. The van der Waals surface area contributed by atoms with Crippen molar-refractivity contribution in [2.75, 3.05) is 26.2 Å². The number of likely N-dealkylation sites (tertiary alicyclic amines) is 1. The first kappa shape index (κ1) is 24.1. The van der Waals surface area contributed by atoms with Gasteiger partial charge in [-0.3, -0.25) is 4.90 Å². The van der Waals surface area contributed by atoms with Gasteiger partial charge in [-0.2, -0.15) is 0 Å². The van der Waals surface area contributed by atoms with E-state index in [1.165, 1.54) is 29.7 Å². The molecule has 3 rings (SSSR count). The third-order valence-electron chi connectivity index (χ3n) is 5.20. The Balaban J connectivity index is 0.00000300. The second kappa shape index (κ2) is 12.5. The van der Waals surface area contributed by atoms with Crippen molar-refractivity contribution in [3.8, 4) is 0 Å². The lowest BCUT2D eigenvalue weighted by Crippen LogP contribution is -2.42. The Bertz CT molecular complexity index is 751. The van der Waals surface area contributed by atoms with Crippen LogP contribution in [0.4, 0.5) is 0 Å². The van der Waals surface area contributed by atoms with Gasteiger partial charge in [0.05, 0.1) is 17.2 Å². The third kappa shape index (κ3) is 8.22. The minimum absolute atomic E-state index is 0. The molecule has 1 saturated heterocycles. The van der Waals surface area contributed by atoms with Crippen LogP contribution < -0.4 is 10.6 Å². The highest BCUT2D eigenvalue weighted by Crippen LogP contribution is 2.19. The maximum Gasteiger partial charge on any atom is 0.191 e. The summed E-state index contributed by atoms with van der Waals surface area (Å²) in [5.41, 5.74) is 3.75. The first-order valence-electron chi connectivity index (χ1n) is 10.3. The number of nitrogens with one attached hydrogen (secondary N) is 2. The molecule has 0 radical (unpaired) electrons. The van der Waals surface area contributed by atoms with E-state index in [2.05, 4.69) is 70.9 Å². The van der Waals surface area contributed by atoms with Crippen LogP contribution in [0.15, 0.2) is 34.6 Å². The SMILES string of the molecule is CCNC(=NCc1ccc(C)cc1)NCC1CCN(Cc2csc(C)n2)CC1.I. The predicted molar refractivity (Wildman–Crippen MR) is 134 cm³/mol. The average molecular weight is 528 g/mol. The second-order valence-corrected chi connectivity index (χ2v) is 8.70. The molecule has 1 fully saturated rings. The van der Waals surface area contributed by atoms with E-state index in [1.807, 2.05) is 0 Å². The molecule has 0 aliphatic carbocycles. The molecular formula is C22H34IN5S. The highest BCUT2D eigenvalue weighted by molar-refractivity contribution is 14.0. The Morgan fingerprint density at radius 3 is 2.52 bits per heavy atom. The number of piperidine rings is 1. The lowest BCUT2D eigenvalue weighted by atomic mass is 9.97. The molecule has 5 nitrogen and oxygen atoms in total. The molecule has 160 valence electrons. The number of aryl methyl sites for hydroxylation is 2. The van der Waals surface area contributed by atoms with Crippen molar-refractivity contribution >= 4 is 41.3 Å². The van der Waals surface area contributed by atoms with Crippen molar-refractivity contribution < 1.29 is 0 Å². The maximum absolute atomic E-state index is 4.75. The summed E-state index contributed by atoms with van der Waals surface area (Å²) in [5, 5.41) is 10.3. The number of rotatable bonds is 7. The molecule has 0 saturated carbocycles. The van der Waals surface area contributed by atoms with Gasteiger partial charge in [0, 0.05) is 25.0 Å². The number of benzene rings is 1. The van der Waals surface area contributed by atoms with Gasteiger partial charge in [0.2, 0.25) is 0 Å². The quantitative estimate of drug-likeness (QED) is 0.320. The maximum atomic E-state index is 4.75. The molecule has 7 heteroatoms.